The van der Waals surface area contributed by atoms with Crippen LogP contribution in [0.25, 0.3) is 0 Å². The minimum atomic E-state index is -0.264. The highest BCUT2D eigenvalue weighted by Crippen LogP contribution is 2.28. The summed E-state index contributed by atoms with van der Waals surface area (Å²) >= 11 is 0. The molecule has 142 valence electrons. The highest BCUT2D eigenvalue weighted by Gasteiger charge is 2.31. The lowest BCUT2D eigenvalue weighted by Crippen LogP contribution is -2.37. The average Bonchev–Trinajstić information content (AvgIpc) is 3.07. The van der Waals surface area contributed by atoms with Crippen LogP contribution in [0.5, 0.6) is 17.2 Å². The van der Waals surface area contributed by atoms with Crippen LogP contribution in [0, 0.1) is 0 Å². The minimum Gasteiger partial charge on any atom is -0.497 e. The van der Waals surface area contributed by atoms with E-state index in [0.717, 1.165) is 11.4 Å². The number of nitrogens with zero attached hydrogens (tertiary/aromatic N) is 1. The Bertz CT molecular complexity index is 835. The number of benzene rings is 2. The number of ether oxygens (including phenoxy) is 3. The summed E-state index contributed by atoms with van der Waals surface area (Å²) in [7, 11) is 4.65. The van der Waals surface area contributed by atoms with Gasteiger partial charge in [0, 0.05) is 24.2 Å². The molecule has 2 amide bonds. The molecule has 2 aromatic carbocycles. The zero-order chi connectivity index (χ0) is 19.4. The fraction of sp³-hybridized carbons (Fsp3) is 0.300. The highest BCUT2D eigenvalue weighted by atomic mass is 16.5. The lowest BCUT2D eigenvalue weighted by atomic mass is 10.1. The molecule has 27 heavy (non-hydrogen) atoms. The minimum absolute atomic E-state index is 0.0298. The number of amides is 2. The zero-order valence-electron chi connectivity index (χ0n) is 15.5. The Labute approximate surface area is 157 Å². The van der Waals surface area contributed by atoms with Crippen LogP contribution < -0.4 is 24.4 Å². The van der Waals surface area contributed by atoms with Gasteiger partial charge in [0.2, 0.25) is 5.91 Å². The topological polar surface area (TPSA) is 77.1 Å². The van der Waals surface area contributed by atoms with Crippen LogP contribution in [0.4, 0.5) is 5.69 Å². The first-order chi connectivity index (χ1) is 13.0. The van der Waals surface area contributed by atoms with E-state index in [2.05, 4.69) is 5.32 Å². The predicted molar refractivity (Wildman–Crippen MR) is 101 cm³/mol. The van der Waals surface area contributed by atoms with Gasteiger partial charge in [-0.15, -0.1) is 0 Å². The van der Waals surface area contributed by atoms with E-state index in [-0.39, 0.29) is 24.3 Å². The van der Waals surface area contributed by atoms with E-state index in [1.54, 1.807) is 42.3 Å². The van der Waals surface area contributed by atoms with Crippen molar-refractivity contribution >= 4 is 17.5 Å². The summed E-state index contributed by atoms with van der Waals surface area (Å²) in [6.45, 7) is 0.421. The molecule has 7 heteroatoms. The molecule has 0 aliphatic carbocycles. The predicted octanol–water partition coefficient (Wildman–Crippen LogP) is 2.25. The molecule has 0 saturated carbocycles. The Morgan fingerprint density at radius 2 is 1.70 bits per heavy atom. The van der Waals surface area contributed by atoms with Crippen molar-refractivity contribution in [2.24, 2.45) is 0 Å². The molecule has 0 aromatic heterocycles. The maximum atomic E-state index is 12.5. The van der Waals surface area contributed by atoms with E-state index >= 15 is 0 Å². The first kappa shape index (κ1) is 18.6. The van der Waals surface area contributed by atoms with Gasteiger partial charge in [0.15, 0.2) is 11.5 Å². The molecule has 0 bridgehead atoms. The van der Waals surface area contributed by atoms with Crippen molar-refractivity contribution in [2.45, 2.75) is 12.5 Å². The van der Waals surface area contributed by atoms with Gasteiger partial charge in [-0.25, -0.2) is 0 Å². The van der Waals surface area contributed by atoms with Crippen molar-refractivity contribution in [2.75, 3.05) is 32.8 Å². The molecule has 1 N–H and O–H groups in total. The van der Waals surface area contributed by atoms with Gasteiger partial charge in [0.25, 0.3) is 5.91 Å². The smallest absolute Gasteiger partial charge is 0.251 e. The second kappa shape index (κ2) is 7.99. The van der Waals surface area contributed by atoms with Crippen molar-refractivity contribution in [3.05, 3.63) is 48.0 Å². The quantitative estimate of drug-likeness (QED) is 0.844. The molecular formula is C20H22N2O5. The standard InChI is InChI=1S/C20H22N2O5/c1-25-16-7-5-15(6-8-16)22-12-14(11-19(22)23)21-20(24)13-4-9-17(26-2)18(10-13)27-3/h4-10,14H,11-12H2,1-3H3,(H,21,24)/t14-/m1/s1. The van der Waals surface area contributed by atoms with Crippen molar-refractivity contribution in [1.82, 2.24) is 5.32 Å². The van der Waals surface area contributed by atoms with E-state index in [4.69, 9.17) is 14.2 Å². The number of nitrogens with one attached hydrogen (secondary N) is 1. The number of hydrogen-bond acceptors (Lipinski definition) is 5. The van der Waals surface area contributed by atoms with E-state index < -0.39 is 0 Å². The normalized spacial score (nSPS) is 16.2. The van der Waals surface area contributed by atoms with Gasteiger partial charge in [-0.2, -0.15) is 0 Å². The SMILES string of the molecule is COc1ccc(N2C[C@H](NC(=O)c3ccc(OC)c(OC)c3)CC2=O)cc1. The maximum Gasteiger partial charge on any atom is 0.251 e. The monoisotopic (exact) mass is 370 g/mol. The molecule has 3 rings (SSSR count). The first-order valence-electron chi connectivity index (χ1n) is 8.53. The summed E-state index contributed by atoms with van der Waals surface area (Å²) in [4.78, 5) is 26.6. The summed E-state index contributed by atoms with van der Waals surface area (Å²) in [5.74, 6) is 1.47. The number of hydrogen-bond donors (Lipinski definition) is 1. The molecule has 1 atom stereocenters. The third-order valence-corrected chi connectivity index (χ3v) is 4.49. The molecule has 0 spiro atoms. The molecule has 1 heterocycles. The molecule has 0 unspecified atom stereocenters. The van der Waals surface area contributed by atoms with Gasteiger partial charge >= 0.3 is 0 Å². The zero-order valence-corrected chi connectivity index (χ0v) is 15.5. The van der Waals surface area contributed by atoms with Crippen LogP contribution in [0.1, 0.15) is 16.8 Å². The van der Waals surface area contributed by atoms with Crippen LogP contribution in [0.2, 0.25) is 0 Å². The number of anilines is 1. The summed E-state index contributed by atoms with van der Waals surface area (Å²) < 4.78 is 15.5. The number of carbonyl (C=O) groups is 2. The largest absolute Gasteiger partial charge is 0.497 e. The van der Waals surface area contributed by atoms with Gasteiger partial charge in [0.05, 0.1) is 27.4 Å². The van der Waals surface area contributed by atoms with E-state index in [0.29, 0.717) is 23.6 Å². The van der Waals surface area contributed by atoms with Gasteiger partial charge < -0.3 is 24.4 Å². The highest BCUT2D eigenvalue weighted by molar-refractivity contribution is 5.99. The van der Waals surface area contributed by atoms with Crippen LogP contribution in [-0.4, -0.2) is 45.7 Å². The van der Waals surface area contributed by atoms with Gasteiger partial charge in [-0.05, 0) is 42.5 Å². The van der Waals surface area contributed by atoms with Crippen molar-refractivity contribution in [3.8, 4) is 17.2 Å². The maximum absolute atomic E-state index is 12.5. The molecule has 1 fully saturated rings. The van der Waals surface area contributed by atoms with Gasteiger partial charge in [-0.1, -0.05) is 0 Å². The second-order valence-corrected chi connectivity index (χ2v) is 6.15. The Morgan fingerprint density at radius 1 is 1.00 bits per heavy atom. The molecule has 2 aromatic rings. The molecule has 1 saturated heterocycles. The van der Waals surface area contributed by atoms with Crippen LogP contribution in [0.15, 0.2) is 42.5 Å². The number of carbonyl (C=O) groups excluding carboxylic acids is 2. The summed E-state index contributed by atoms with van der Waals surface area (Å²) in [6, 6.07) is 12.0. The third-order valence-electron chi connectivity index (χ3n) is 4.49. The number of methoxy groups -OCH3 is 3. The average molecular weight is 370 g/mol. The van der Waals surface area contributed by atoms with E-state index in [1.807, 2.05) is 12.1 Å². The molecule has 7 nitrogen and oxygen atoms in total. The first-order valence-corrected chi connectivity index (χ1v) is 8.53. The Balaban J connectivity index is 1.67. The van der Waals surface area contributed by atoms with Crippen LogP contribution in [0.3, 0.4) is 0 Å². The van der Waals surface area contributed by atoms with Crippen molar-refractivity contribution in [3.63, 3.8) is 0 Å². The van der Waals surface area contributed by atoms with Crippen LogP contribution >= 0.6 is 0 Å². The molecule has 0 radical (unpaired) electrons. The van der Waals surface area contributed by atoms with E-state index in [1.165, 1.54) is 14.2 Å². The molecule has 1 aliphatic heterocycles. The third kappa shape index (κ3) is 3.97. The summed E-state index contributed by atoms with van der Waals surface area (Å²) in [5, 5.41) is 2.91. The summed E-state index contributed by atoms with van der Waals surface area (Å²) in [5.41, 5.74) is 1.23. The van der Waals surface area contributed by atoms with Crippen molar-refractivity contribution < 1.29 is 23.8 Å². The van der Waals surface area contributed by atoms with Crippen molar-refractivity contribution in [1.29, 1.82) is 0 Å². The Morgan fingerprint density at radius 3 is 2.33 bits per heavy atom. The fourth-order valence-corrected chi connectivity index (χ4v) is 3.06. The molecule has 1 aliphatic rings. The lowest BCUT2D eigenvalue weighted by molar-refractivity contribution is -0.117. The van der Waals surface area contributed by atoms with Crippen LogP contribution in [-0.2, 0) is 4.79 Å². The van der Waals surface area contributed by atoms with Gasteiger partial charge in [-0.3, -0.25) is 9.59 Å². The van der Waals surface area contributed by atoms with E-state index in [9.17, 15) is 9.59 Å². The fourth-order valence-electron chi connectivity index (χ4n) is 3.06. The van der Waals surface area contributed by atoms with Gasteiger partial charge in [0.1, 0.15) is 5.75 Å². The second-order valence-electron chi connectivity index (χ2n) is 6.15. The Hall–Kier alpha value is -3.22. The Kier molecular flexibility index (Phi) is 5.49. The summed E-state index contributed by atoms with van der Waals surface area (Å²) in [6.07, 6.45) is 0.255. The molecular weight excluding hydrogens is 348 g/mol. The number of rotatable bonds is 6. The lowest BCUT2D eigenvalue weighted by Gasteiger charge is -2.18.